The van der Waals surface area contributed by atoms with E-state index in [1.54, 1.807) is 50.2 Å². The lowest BCUT2D eigenvalue weighted by Crippen LogP contribution is -2.28. The quantitative estimate of drug-likeness (QED) is 0.210. The molecule has 0 bridgehead atoms. The van der Waals surface area contributed by atoms with Gasteiger partial charge < -0.3 is 14.0 Å². The molecule has 1 aromatic heterocycles. The van der Waals surface area contributed by atoms with E-state index in [1.807, 2.05) is 0 Å². The number of hydrogen-bond acceptors (Lipinski definition) is 7. The van der Waals surface area contributed by atoms with E-state index >= 15 is 0 Å². The molecule has 4 rings (SSSR count). The maximum atomic E-state index is 14.9. The minimum absolute atomic E-state index is 0.00935. The highest BCUT2D eigenvalue weighted by Gasteiger charge is 2.42. The zero-order valence-corrected chi connectivity index (χ0v) is 22.8. The summed E-state index contributed by atoms with van der Waals surface area (Å²) in [6.45, 7) is 3.22. The molecule has 3 aromatic carbocycles. The molecule has 0 amide bonds. The number of fused-ring (bicyclic) bond motifs is 1. The summed E-state index contributed by atoms with van der Waals surface area (Å²) in [7, 11) is -7.00. The molecular weight excluding hydrogens is 537 g/mol. The van der Waals surface area contributed by atoms with Crippen molar-refractivity contribution in [1.82, 2.24) is 3.97 Å². The summed E-state index contributed by atoms with van der Waals surface area (Å²) in [5, 5.41) is 0.551. The van der Waals surface area contributed by atoms with Crippen LogP contribution in [-0.2, 0) is 23.8 Å². The Morgan fingerprint density at radius 3 is 2.35 bits per heavy atom. The molecule has 11 heteroatoms. The normalized spacial score (nSPS) is 13.3. The minimum atomic E-state index is -4.35. The van der Waals surface area contributed by atoms with Crippen LogP contribution in [0.15, 0.2) is 77.7 Å². The van der Waals surface area contributed by atoms with E-state index in [9.17, 15) is 17.8 Å². The first-order valence-corrected chi connectivity index (χ1v) is 14.8. The van der Waals surface area contributed by atoms with Crippen LogP contribution in [0.1, 0.15) is 24.3 Å². The lowest BCUT2D eigenvalue weighted by molar-refractivity contribution is 0.0520. The van der Waals surface area contributed by atoms with Crippen LogP contribution in [0, 0.1) is 0 Å². The van der Waals surface area contributed by atoms with E-state index in [0.29, 0.717) is 5.75 Å². The van der Waals surface area contributed by atoms with Gasteiger partial charge in [-0.2, -0.15) is 0 Å². The number of aromatic nitrogens is 1. The van der Waals surface area contributed by atoms with Crippen molar-refractivity contribution in [3.63, 3.8) is 0 Å². The number of methoxy groups -OCH3 is 1. The number of esters is 1. The Morgan fingerprint density at radius 2 is 1.70 bits per heavy atom. The lowest BCUT2D eigenvalue weighted by Gasteiger charge is -2.20. The number of nitrogens with zero attached hydrogens (tertiary/aromatic N) is 1. The van der Waals surface area contributed by atoms with Crippen molar-refractivity contribution in [2.24, 2.45) is 0 Å². The first-order chi connectivity index (χ1) is 17.7. The Kier molecular flexibility index (Phi) is 7.80. The van der Waals surface area contributed by atoms with Crippen LogP contribution in [-0.4, -0.2) is 38.7 Å². The average Bonchev–Trinajstić information content (AvgIpc) is 3.25. The van der Waals surface area contributed by atoms with Gasteiger partial charge >= 0.3 is 5.97 Å². The molecule has 194 valence electrons. The van der Waals surface area contributed by atoms with E-state index in [-0.39, 0.29) is 44.6 Å². The Morgan fingerprint density at radius 1 is 0.973 bits per heavy atom. The zero-order chi connectivity index (χ0) is 26.8. The summed E-state index contributed by atoms with van der Waals surface area (Å²) in [5.41, 5.74) is -0.309. The van der Waals surface area contributed by atoms with Crippen LogP contribution in [0.3, 0.4) is 0 Å². The number of halogens is 1. The van der Waals surface area contributed by atoms with Crippen LogP contribution in [0.4, 0.5) is 0 Å². The summed E-state index contributed by atoms with van der Waals surface area (Å²) >= 11 is 6.32. The summed E-state index contributed by atoms with van der Waals surface area (Å²) in [4.78, 5) is 13.4. The second kappa shape index (κ2) is 10.7. The van der Waals surface area contributed by atoms with Crippen LogP contribution >= 0.6 is 19.0 Å². The fourth-order valence-electron chi connectivity index (χ4n) is 4.09. The molecule has 0 aliphatic rings. The zero-order valence-electron chi connectivity index (χ0n) is 20.4. The van der Waals surface area contributed by atoms with Gasteiger partial charge in [-0.15, -0.1) is 0 Å². The van der Waals surface area contributed by atoms with Gasteiger partial charge in [0.05, 0.1) is 36.0 Å². The average molecular weight is 562 g/mol. The van der Waals surface area contributed by atoms with Gasteiger partial charge in [-0.05, 0) is 62.4 Å². The van der Waals surface area contributed by atoms with Gasteiger partial charge in [-0.3, -0.25) is 4.57 Å². The number of rotatable bonds is 9. The molecule has 0 aliphatic carbocycles. The Bertz CT molecular complexity index is 1620. The molecule has 0 spiro atoms. The van der Waals surface area contributed by atoms with Gasteiger partial charge in [0.15, 0.2) is 5.69 Å². The molecule has 37 heavy (non-hydrogen) atoms. The van der Waals surface area contributed by atoms with E-state index in [1.165, 1.54) is 43.5 Å². The van der Waals surface area contributed by atoms with Crippen LogP contribution in [0.25, 0.3) is 10.9 Å². The van der Waals surface area contributed by atoms with E-state index < -0.39 is 29.1 Å². The number of carbonyl (C=O) groups is 1. The first kappa shape index (κ1) is 26.9. The predicted molar refractivity (Wildman–Crippen MR) is 143 cm³/mol. The van der Waals surface area contributed by atoms with E-state index in [0.717, 1.165) is 3.97 Å². The maximum absolute atomic E-state index is 14.9. The fraction of sp³-hybridized carbons (Fsp3) is 0.192. The maximum Gasteiger partial charge on any atom is 0.356 e. The highest BCUT2D eigenvalue weighted by atomic mass is 35.5. The summed E-state index contributed by atoms with van der Waals surface area (Å²) in [6.07, 6.45) is 0. The molecular formula is C26H25ClNO7PS. The van der Waals surface area contributed by atoms with Gasteiger partial charge in [0, 0.05) is 15.7 Å². The third kappa shape index (κ3) is 4.80. The number of hydrogen-bond donors (Lipinski definition) is 0. The van der Waals surface area contributed by atoms with Gasteiger partial charge in [-0.25, -0.2) is 17.2 Å². The Balaban J connectivity index is 2.21. The van der Waals surface area contributed by atoms with Crippen molar-refractivity contribution >= 4 is 56.5 Å². The second-order valence-electron chi connectivity index (χ2n) is 7.83. The minimum Gasteiger partial charge on any atom is -0.497 e. The molecule has 0 fully saturated rings. The highest BCUT2D eigenvalue weighted by molar-refractivity contribution is 7.90. The molecule has 0 saturated carbocycles. The number of benzene rings is 3. The van der Waals surface area contributed by atoms with Crippen molar-refractivity contribution in [3.8, 4) is 5.75 Å². The van der Waals surface area contributed by atoms with Crippen LogP contribution in [0.5, 0.6) is 5.75 Å². The van der Waals surface area contributed by atoms with Crippen molar-refractivity contribution < 1.29 is 31.8 Å². The number of ether oxygens (including phenoxy) is 2. The highest BCUT2D eigenvalue weighted by Crippen LogP contribution is 2.49. The SMILES string of the molecule is CCOC(=O)c1c(P(=O)(OCC)c2cccc(OC)c2)c2cc(Cl)ccc2n1S(=O)(=O)c1ccccc1. The molecule has 4 aromatic rings. The van der Waals surface area contributed by atoms with Crippen LogP contribution < -0.4 is 15.3 Å². The third-order valence-electron chi connectivity index (χ3n) is 5.61. The van der Waals surface area contributed by atoms with Crippen molar-refractivity contribution in [2.75, 3.05) is 20.3 Å². The summed E-state index contributed by atoms with van der Waals surface area (Å²) < 4.78 is 60.2. The van der Waals surface area contributed by atoms with E-state index in [2.05, 4.69) is 0 Å². The third-order valence-corrected chi connectivity index (χ3v) is 10.2. The number of carbonyl (C=O) groups excluding carboxylic acids is 1. The van der Waals surface area contributed by atoms with Gasteiger partial charge in [-0.1, -0.05) is 35.9 Å². The molecule has 1 atom stereocenters. The predicted octanol–water partition coefficient (Wildman–Crippen LogP) is 4.98. The summed E-state index contributed by atoms with van der Waals surface area (Å²) in [5.74, 6) is -0.555. The first-order valence-electron chi connectivity index (χ1n) is 11.4. The van der Waals surface area contributed by atoms with Gasteiger partial charge in [0.2, 0.25) is 0 Å². The van der Waals surface area contributed by atoms with Gasteiger partial charge in [0.25, 0.3) is 17.4 Å². The molecule has 0 N–H and O–H groups in total. The second-order valence-corrected chi connectivity index (χ2v) is 12.4. The topological polar surface area (TPSA) is 101 Å². The van der Waals surface area contributed by atoms with Gasteiger partial charge in [0.1, 0.15) is 5.75 Å². The molecule has 1 heterocycles. The van der Waals surface area contributed by atoms with Crippen LogP contribution in [0.2, 0.25) is 5.02 Å². The molecule has 1 unspecified atom stereocenters. The van der Waals surface area contributed by atoms with E-state index in [4.69, 9.17) is 25.6 Å². The Labute approximate surface area is 220 Å². The van der Waals surface area contributed by atoms with Crippen molar-refractivity contribution in [2.45, 2.75) is 18.7 Å². The molecule has 0 saturated heterocycles. The van der Waals surface area contributed by atoms with Crippen molar-refractivity contribution in [3.05, 3.63) is 83.5 Å². The van der Waals surface area contributed by atoms with Crippen molar-refractivity contribution in [1.29, 1.82) is 0 Å². The Hall–Kier alpha value is -3.10. The fourth-order valence-corrected chi connectivity index (χ4v) is 8.31. The molecule has 8 nitrogen and oxygen atoms in total. The molecule has 0 aliphatic heterocycles. The summed E-state index contributed by atoms with van der Waals surface area (Å²) in [6, 6.07) is 18.5. The standard InChI is InChI=1S/C26H25ClNO7PS/c1-4-34-26(29)24-25(36(30,35-5-2)20-11-9-10-19(17-20)33-3)22-16-18(27)14-15-23(22)28(24)37(31,32)21-12-7-6-8-13-21/h6-17H,4-5H2,1-3H3. The lowest BCUT2D eigenvalue weighted by atomic mass is 10.2. The smallest absolute Gasteiger partial charge is 0.356 e. The molecule has 0 radical (unpaired) electrons. The largest absolute Gasteiger partial charge is 0.497 e. The monoisotopic (exact) mass is 561 g/mol.